The molecule has 61 heavy (non-hydrogen) atoms. The summed E-state index contributed by atoms with van der Waals surface area (Å²) in [5.41, 5.74) is 1.83. The van der Waals surface area contributed by atoms with Gasteiger partial charge >= 0.3 is 29.0 Å². The Hall–Kier alpha value is -6.42. The van der Waals surface area contributed by atoms with Gasteiger partial charge in [0.15, 0.2) is 0 Å². The van der Waals surface area contributed by atoms with E-state index in [-0.39, 0.29) is 17.1 Å². The normalized spacial score (nSPS) is 11.9. The molecule has 0 amide bonds. The zero-order valence-corrected chi connectivity index (χ0v) is 35.5. The van der Waals surface area contributed by atoms with Crippen LogP contribution in [0.15, 0.2) is 169 Å². The third-order valence-electron chi connectivity index (χ3n) is 9.00. The fourth-order valence-electron chi connectivity index (χ4n) is 5.65. The van der Waals surface area contributed by atoms with Gasteiger partial charge in [-0.25, -0.2) is 9.59 Å². The SMILES string of the molecule is CCCCCCOc1ccc(C(=O)Oc2ccc(OC([O-])=C3C=CC=C3)cc2)cc1.CCCCCCOc1ccc(C(=O)Oc2ccc(OC([O-])=C3C=CC=C3)cc2)cc1.[Fe+2]. The van der Waals surface area contributed by atoms with Crippen LogP contribution < -0.4 is 38.6 Å². The van der Waals surface area contributed by atoms with E-state index in [1.807, 2.05) is 0 Å². The molecule has 4 aromatic rings. The zero-order valence-electron chi connectivity index (χ0n) is 34.4. The third kappa shape index (κ3) is 16.3. The quantitative estimate of drug-likeness (QED) is 0.0278. The molecule has 0 N–H and O–H groups in total. The molecule has 0 atom stereocenters. The molecule has 0 saturated heterocycles. The van der Waals surface area contributed by atoms with Gasteiger partial charge < -0.3 is 38.6 Å². The van der Waals surface area contributed by atoms with E-state index in [1.54, 1.807) is 146 Å². The molecule has 0 bridgehead atoms. The average Bonchev–Trinajstić information content (AvgIpc) is 4.02. The van der Waals surface area contributed by atoms with Crippen molar-refractivity contribution in [3.05, 3.63) is 180 Å². The number of rotatable bonds is 20. The number of esters is 2. The molecular weight excluding hydrogens is 816 g/mol. The van der Waals surface area contributed by atoms with Crippen molar-refractivity contribution in [3.8, 4) is 34.5 Å². The average molecular weight is 867 g/mol. The number of ether oxygens (including phenoxy) is 6. The number of carbonyl (C=O) groups excluding carboxylic acids is 2. The van der Waals surface area contributed by atoms with E-state index in [4.69, 9.17) is 28.4 Å². The molecule has 0 aliphatic heterocycles. The predicted molar refractivity (Wildman–Crippen MR) is 227 cm³/mol. The fraction of sp³-hybridized carbons (Fsp3) is 0.240. The topological polar surface area (TPSA) is 136 Å². The van der Waals surface area contributed by atoms with E-state index in [1.165, 1.54) is 25.7 Å². The van der Waals surface area contributed by atoms with Gasteiger partial charge in [0, 0.05) is 11.5 Å². The van der Waals surface area contributed by atoms with E-state index in [0.717, 1.165) is 37.2 Å². The summed E-state index contributed by atoms with van der Waals surface area (Å²) in [5.74, 6) is 1.15. The number of allylic oxidation sites excluding steroid dienone is 10. The maximum absolute atomic E-state index is 12.3. The van der Waals surface area contributed by atoms with Crippen LogP contribution in [-0.4, -0.2) is 25.2 Å². The van der Waals surface area contributed by atoms with Crippen LogP contribution in [0.25, 0.3) is 0 Å². The zero-order chi connectivity index (χ0) is 42.4. The Morgan fingerprint density at radius 1 is 0.410 bits per heavy atom. The minimum Gasteiger partial charge on any atom is -0.579 e. The van der Waals surface area contributed by atoms with Crippen molar-refractivity contribution in [2.75, 3.05) is 13.2 Å². The van der Waals surface area contributed by atoms with Gasteiger partial charge in [-0.1, -0.05) is 101 Å². The Balaban J connectivity index is 0.000000264. The summed E-state index contributed by atoms with van der Waals surface area (Å²) >= 11 is 0. The van der Waals surface area contributed by atoms with Gasteiger partial charge in [0.05, 0.1) is 36.2 Å². The molecule has 2 aliphatic rings. The Kier molecular flexibility index (Phi) is 20.1. The summed E-state index contributed by atoms with van der Waals surface area (Å²) in [4.78, 5) is 24.7. The van der Waals surface area contributed by atoms with Crippen LogP contribution in [0.3, 0.4) is 0 Å². The van der Waals surface area contributed by atoms with E-state index in [9.17, 15) is 19.8 Å². The van der Waals surface area contributed by atoms with Crippen LogP contribution in [0.4, 0.5) is 0 Å². The number of hydrogen-bond acceptors (Lipinski definition) is 10. The molecular formula is C50H50FeO10. The monoisotopic (exact) mass is 866 g/mol. The van der Waals surface area contributed by atoms with E-state index >= 15 is 0 Å². The second-order valence-electron chi connectivity index (χ2n) is 13.7. The van der Waals surface area contributed by atoms with E-state index in [2.05, 4.69) is 13.8 Å². The van der Waals surface area contributed by atoms with Gasteiger partial charge in [-0.2, -0.15) is 0 Å². The van der Waals surface area contributed by atoms with Crippen LogP contribution >= 0.6 is 0 Å². The molecule has 0 heterocycles. The Labute approximate surface area is 368 Å². The first-order valence-electron chi connectivity index (χ1n) is 20.3. The van der Waals surface area contributed by atoms with Crippen molar-refractivity contribution in [2.24, 2.45) is 0 Å². The summed E-state index contributed by atoms with van der Waals surface area (Å²) in [7, 11) is 0. The summed E-state index contributed by atoms with van der Waals surface area (Å²) in [6.45, 7) is 5.70. The van der Waals surface area contributed by atoms with Crippen LogP contribution in [-0.2, 0) is 17.1 Å². The van der Waals surface area contributed by atoms with E-state index < -0.39 is 23.8 Å². The van der Waals surface area contributed by atoms with Gasteiger partial charge in [0.1, 0.15) is 23.0 Å². The molecule has 0 spiro atoms. The Bertz CT molecular complexity index is 1980. The molecule has 318 valence electrons. The molecule has 0 radical (unpaired) electrons. The minimum atomic E-state index is -0.467. The van der Waals surface area contributed by atoms with Crippen LogP contribution in [0.1, 0.15) is 85.9 Å². The van der Waals surface area contributed by atoms with Crippen molar-refractivity contribution in [1.29, 1.82) is 0 Å². The second kappa shape index (κ2) is 25.9. The maximum atomic E-state index is 12.3. The smallest absolute Gasteiger partial charge is 0.579 e. The van der Waals surface area contributed by atoms with Crippen molar-refractivity contribution in [3.63, 3.8) is 0 Å². The number of benzene rings is 4. The van der Waals surface area contributed by atoms with Gasteiger partial charge in [-0.15, -0.1) is 0 Å². The molecule has 11 heteroatoms. The van der Waals surface area contributed by atoms with E-state index in [0.29, 0.717) is 58.5 Å². The summed E-state index contributed by atoms with van der Waals surface area (Å²) in [6, 6.07) is 26.4. The molecule has 0 saturated carbocycles. The molecule has 2 aliphatic carbocycles. The summed E-state index contributed by atoms with van der Waals surface area (Å²) in [5, 5.41) is 23.9. The number of hydrogen-bond donors (Lipinski definition) is 0. The summed E-state index contributed by atoms with van der Waals surface area (Å²) < 4.78 is 32.7. The van der Waals surface area contributed by atoms with Crippen molar-refractivity contribution in [2.45, 2.75) is 65.2 Å². The van der Waals surface area contributed by atoms with Crippen LogP contribution in [0.2, 0.25) is 0 Å². The van der Waals surface area contributed by atoms with Crippen molar-refractivity contribution < 1.29 is 65.3 Å². The molecule has 4 aromatic carbocycles. The van der Waals surface area contributed by atoms with Gasteiger partial charge in [0.25, 0.3) is 0 Å². The summed E-state index contributed by atoms with van der Waals surface area (Å²) in [6.07, 6.45) is 23.0. The predicted octanol–water partition coefficient (Wildman–Crippen LogP) is 9.88. The first-order valence-corrected chi connectivity index (χ1v) is 20.3. The second-order valence-corrected chi connectivity index (χ2v) is 13.7. The molecule has 0 unspecified atom stereocenters. The van der Waals surface area contributed by atoms with Crippen molar-refractivity contribution >= 4 is 11.9 Å². The first-order chi connectivity index (χ1) is 29.3. The largest absolute Gasteiger partial charge is 2.00 e. The van der Waals surface area contributed by atoms with Crippen LogP contribution in [0, 0.1) is 0 Å². The Morgan fingerprint density at radius 2 is 0.705 bits per heavy atom. The molecule has 10 nitrogen and oxygen atoms in total. The fourth-order valence-corrected chi connectivity index (χ4v) is 5.65. The molecule has 0 aromatic heterocycles. The van der Waals surface area contributed by atoms with Gasteiger partial charge in [-0.3, -0.25) is 0 Å². The van der Waals surface area contributed by atoms with Crippen molar-refractivity contribution in [1.82, 2.24) is 0 Å². The Morgan fingerprint density at radius 3 is 1.02 bits per heavy atom. The maximum Gasteiger partial charge on any atom is 2.00 e. The molecule has 6 rings (SSSR count). The number of carbonyl (C=O) groups is 2. The standard InChI is InChI=1S/2C25H26O5.Fe/c2*1-2-3-4-7-18-28-21-12-10-20(11-13-21)25(27)30-23-16-14-22(15-17-23)29-24(26)19-8-5-6-9-19;/h2*5-6,8-17,26H,2-4,7,18H2,1H3;/q;;+2/p-2. The first kappa shape index (κ1) is 47.3. The minimum absolute atomic E-state index is 0. The number of unbranched alkanes of at least 4 members (excludes halogenated alkanes) is 6. The van der Waals surface area contributed by atoms with Gasteiger partial charge in [0.2, 0.25) is 0 Å². The molecule has 0 fully saturated rings. The third-order valence-corrected chi connectivity index (χ3v) is 9.00. The van der Waals surface area contributed by atoms with Gasteiger partial charge in [-0.05, 0) is 121 Å². The van der Waals surface area contributed by atoms with Crippen LogP contribution in [0.5, 0.6) is 34.5 Å².